The molecule has 0 saturated carbocycles. The standard InChI is InChI=1S/C23H28N4O2S/c1-5-27-21(14-29-20-13-9-10-16(2)17(20)3)25-26-23(27)30-15-22(28)24-18(4)19-11-7-6-8-12-19/h6-13,18H,5,14-15H2,1-4H3,(H,24,28). The lowest BCUT2D eigenvalue weighted by Crippen LogP contribution is -2.28. The van der Waals surface area contributed by atoms with E-state index in [9.17, 15) is 4.79 Å². The van der Waals surface area contributed by atoms with Crippen LogP contribution in [0.1, 0.15) is 42.4 Å². The number of carbonyl (C=O) groups excluding carboxylic acids is 1. The van der Waals surface area contributed by atoms with Gasteiger partial charge in [-0.3, -0.25) is 4.79 Å². The number of hydrogen-bond acceptors (Lipinski definition) is 5. The maximum absolute atomic E-state index is 12.4. The Morgan fingerprint density at radius 3 is 2.63 bits per heavy atom. The molecule has 1 atom stereocenters. The summed E-state index contributed by atoms with van der Waals surface area (Å²) in [6, 6.07) is 15.9. The highest BCUT2D eigenvalue weighted by Gasteiger charge is 2.15. The fourth-order valence-electron chi connectivity index (χ4n) is 3.11. The second-order valence-corrected chi connectivity index (χ2v) is 8.06. The Balaban J connectivity index is 1.57. The molecule has 0 fully saturated rings. The number of amides is 1. The van der Waals surface area contributed by atoms with Gasteiger partial charge in [0.15, 0.2) is 11.0 Å². The van der Waals surface area contributed by atoms with Gasteiger partial charge in [-0.2, -0.15) is 0 Å². The molecule has 0 saturated heterocycles. The van der Waals surface area contributed by atoms with Crippen molar-refractivity contribution >= 4 is 17.7 Å². The van der Waals surface area contributed by atoms with Crippen molar-refractivity contribution in [2.24, 2.45) is 0 Å². The molecule has 2 aromatic carbocycles. The van der Waals surface area contributed by atoms with E-state index in [1.165, 1.54) is 17.3 Å². The molecule has 0 aliphatic heterocycles. The molecule has 7 heteroatoms. The third-order valence-electron chi connectivity index (χ3n) is 5.03. The average molecular weight is 425 g/mol. The van der Waals surface area contributed by atoms with E-state index in [4.69, 9.17) is 4.74 Å². The summed E-state index contributed by atoms with van der Waals surface area (Å²) in [5.74, 6) is 1.85. The van der Waals surface area contributed by atoms with Gasteiger partial charge in [-0.15, -0.1) is 10.2 Å². The highest BCUT2D eigenvalue weighted by atomic mass is 32.2. The van der Waals surface area contributed by atoms with E-state index in [0.717, 1.165) is 27.9 Å². The zero-order chi connectivity index (χ0) is 21.5. The highest BCUT2D eigenvalue weighted by Crippen LogP contribution is 2.23. The first-order chi connectivity index (χ1) is 14.5. The predicted octanol–water partition coefficient (Wildman–Crippen LogP) is 4.46. The van der Waals surface area contributed by atoms with Crippen LogP contribution in [0.5, 0.6) is 5.75 Å². The van der Waals surface area contributed by atoms with Gasteiger partial charge in [-0.25, -0.2) is 0 Å². The van der Waals surface area contributed by atoms with Crippen molar-refractivity contribution < 1.29 is 9.53 Å². The first kappa shape index (κ1) is 21.9. The molecule has 3 rings (SSSR count). The molecule has 1 unspecified atom stereocenters. The molecule has 3 aromatic rings. The summed E-state index contributed by atoms with van der Waals surface area (Å²) in [6.45, 7) is 9.17. The molecule has 6 nitrogen and oxygen atoms in total. The van der Waals surface area contributed by atoms with Crippen LogP contribution in [0, 0.1) is 13.8 Å². The molecular formula is C23H28N4O2S. The minimum Gasteiger partial charge on any atom is -0.485 e. The third kappa shape index (κ3) is 5.42. The molecular weight excluding hydrogens is 396 g/mol. The second kappa shape index (κ2) is 10.3. The number of nitrogens with zero attached hydrogens (tertiary/aromatic N) is 3. The van der Waals surface area contributed by atoms with Crippen molar-refractivity contribution in [3.05, 3.63) is 71.0 Å². The van der Waals surface area contributed by atoms with Gasteiger partial charge < -0.3 is 14.6 Å². The van der Waals surface area contributed by atoms with Crippen LogP contribution in [0.25, 0.3) is 0 Å². The van der Waals surface area contributed by atoms with Crippen molar-refractivity contribution in [3.63, 3.8) is 0 Å². The molecule has 1 N–H and O–H groups in total. The Hall–Kier alpha value is -2.80. The van der Waals surface area contributed by atoms with Crippen molar-refractivity contribution in [1.82, 2.24) is 20.1 Å². The van der Waals surface area contributed by atoms with Crippen LogP contribution in [0.2, 0.25) is 0 Å². The number of benzene rings is 2. The fraction of sp³-hybridized carbons (Fsp3) is 0.348. The van der Waals surface area contributed by atoms with Crippen LogP contribution in [0.3, 0.4) is 0 Å². The largest absolute Gasteiger partial charge is 0.485 e. The first-order valence-corrected chi connectivity index (χ1v) is 11.1. The van der Waals surface area contributed by atoms with Crippen molar-refractivity contribution in [1.29, 1.82) is 0 Å². The number of hydrogen-bond donors (Lipinski definition) is 1. The number of carbonyl (C=O) groups is 1. The first-order valence-electron chi connectivity index (χ1n) is 10.1. The van der Waals surface area contributed by atoms with Gasteiger partial charge >= 0.3 is 0 Å². The number of thioether (sulfide) groups is 1. The van der Waals surface area contributed by atoms with Gasteiger partial charge in [0.05, 0.1) is 11.8 Å². The van der Waals surface area contributed by atoms with Crippen molar-refractivity contribution in [3.8, 4) is 5.75 Å². The second-order valence-electron chi connectivity index (χ2n) is 7.12. The number of ether oxygens (including phenoxy) is 1. The van der Waals surface area contributed by atoms with E-state index in [-0.39, 0.29) is 17.7 Å². The molecule has 0 spiro atoms. The SMILES string of the molecule is CCn1c(COc2cccc(C)c2C)nnc1SCC(=O)NC(C)c1ccccc1. The lowest BCUT2D eigenvalue weighted by molar-refractivity contribution is -0.119. The number of rotatable bonds is 9. The van der Waals surface area contributed by atoms with Crippen LogP contribution >= 0.6 is 11.8 Å². The molecule has 0 aliphatic rings. The zero-order valence-electron chi connectivity index (χ0n) is 17.9. The van der Waals surface area contributed by atoms with Crippen LogP contribution in [0.15, 0.2) is 53.7 Å². The molecule has 0 bridgehead atoms. The van der Waals surface area contributed by atoms with Gasteiger partial charge in [0.25, 0.3) is 0 Å². The summed E-state index contributed by atoms with van der Waals surface area (Å²) < 4.78 is 7.96. The van der Waals surface area contributed by atoms with Crippen LogP contribution in [-0.4, -0.2) is 26.4 Å². The Morgan fingerprint density at radius 1 is 1.13 bits per heavy atom. The van der Waals surface area contributed by atoms with Gasteiger partial charge in [-0.1, -0.05) is 54.2 Å². The van der Waals surface area contributed by atoms with Crippen LogP contribution < -0.4 is 10.1 Å². The predicted molar refractivity (Wildman–Crippen MR) is 120 cm³/mol. The normalized spacial score (nSPS) is 11.9. The van der Waals surface area contributed by atoms with E-state index in [0.29, 0.717) is 13.2 Å². The fourth-order valence-corrected chi connectivity index (χ4v) is 3.94. The smallest absolute Gasteiger partial charge is 0.230 e. The molecule has 0 aliphatic carbocycles. The van der Waals surface area contributed by atoms with Crippen molar-refractivity contribution in [2.45, 2.75) is 52.0 Å². The number of aromatic nitrogens is 3. The summed E-state index contributed by atoms with van der Waals surface area (Å²) in [5.41, 5.74) is 3.40. The molecule has 1 amide bonds. The van der Waals surface area contributed by atoms with E-state index >= 15 is 0 Å². The number of nitrogens with one attached hydrogen (secondary N) is 1. The summed E-state index contributed by atoms with van der Waals surface area (Å²) in [4.78, 5) is 12.4. The van der Waals surface area contributed by atoms with Crippen LogP contribution in [0.4, 0.5) is 0 Å². The minimum atomic E-state index is -0.0372. The monoisotopic (exact) mass is 424 g/mol. The maximum Gasteiger partial charge on any atom is 0.230 e. The lowest BCUT2D eigenvalue weighted by atomic mass is 10.1. The molecule has 158 valence electrons. The van der Waals surface area contributed by atoms with E-state index in [2.05, 4.69) is 28.5 Å². The topological polar surface area (TPSA) is 69.0 Å². The molecule has 0 radical (unpaired) electrons. The highest BCUT2D eigenvalue weighted by molar-refractivity contribution is 7.99. The molecule has 1 aromatic heterocycles. The van der Waals surface area contributed by atoms with Crippen LogP contribution in [-0.2, 0) is 17.9 Å². The van der Waals surface area contributed by atoms with Gasteiger partial charge in [0, 0.05) is 6.54 Å². The van der Waals surface area contributed by atoms with E-state index in [1.54, 1.807) is 0 Å². The van der Waals surface area contributed by atoms with Gasteiger partial charge in [-0.05, 0) is 50.5 Å². The Kier molecular flexibility index (Phi) is 7.52. The van der Waals surface area contributed by atoms with Gasteiger partial charge in [0.2, 0.25) is 5.91 Å². The lowest BCUT2D eigenvalue weighted by Gasteiger charge is -2.14. The number of aryl methyl sites for hydroxylation is 1. The Morgan fingerprint density at radius 2 is 1.90 bits per heavy atom. The average Bonchev–Trinajstić information content (AvgIpc) is 3.15. The third-order valence-corrected chi connectivity index (χ3v) is 6.00. The zero-order valence-corrected chi connectivity index (χ0v) is 18.7. The van der Waals surface area contributed by atoms with Gasteiger partial charge in [0.1, 0.15) is 12.4 Å². The van der Waals surface area contributed by atoms with E-state index in [1.807, 2.05) is 67.8 Å². The molecule has 30 heavy (non-hydrogen) atoms. The Labute approximate surface area is 182 Å². The maximum atomic E-state index is 12.4. The minimum absolute atomic E-state index is 0.0322. The van der Waals surface area contributed by atoms with E-state index < -0.39 is 0 Å². The summed E-state index contributed by atoms with van der Waals surface area (Å²) >= 11 is 1.39. The Bertz CT molecular complexity index is 988. The molecule has 1 heterocycles. The summed E-state index contributed by atoms with van der Waals surface area (Å²) in [6.07, 6.45) is 0. The summed E-state index contributed by atoms with van der Waals surface area (Å²) in [7, 11) is 0. The quantitative estimate of drug-likeness (QED) is 0.514. The van der Waals surface area contributed by atoms with Crippen molar-refractivity contribution in [2.75, 3.05) is 5.75 Å². The summed E-state index contributed by atoms with van der Waals surface area (Å²) in [5, 5.41) is 12.3.